The molecule has 0 unspecified atom stereocenters. The molecule has 21 heavy (non-hydrogen) atoms. The number of aromatic hydroxyl groups is 1. The zero-order chi connectivity index (χ0) is 14.7. The lowest BCUT2D eigenvalue weighted by molar-refractivity contribution is 0.0830. The predicted molar refractivity (Wildman–Crippen MR) is 75.8 cm³/mol. The van der Waals surface area contributed by atoms with Crippen molar-refractivity contribution in [3.63, 3.8) is 0 Å². The monoisotopic (exact) mass is 289 g/mol. The van der Waals surface area contributed by atoms with Crippen LogP contribution in [-0.4, -0.2) is 28.5 Å². The lowest BCUT2D eigenvalue weighted by Crippen LogP contribution is -2.16. The molecule has 1 aromatic carbocycles. The van der Waals surface area contributed by atoms with Crippen molar-refractivity contribution in [1.29, 1.82) is 0 Å². The van der Waals surface area contributed by atoms with Gasteiger partial charge in [-0.3, -0.25) is 0 Å². The van der Waals surface area contributed by atoms with Gasteiger partial charge in [0, 0.05) is 19.1 Å². The van der Waals surface area contributed by atoms with E-state index < -0.39 is 0 Å². The van der Waals surface area contributed by atoms with Gasteiger partial charge in [-0.1, -0.05) is 17.3 Å². The first kappa shape index (κ1) is 14.0. The highest BCUT2D eigenvalue weighted by molar-refractivity contribution is 5.26. The van der Waals surface area contributed by atoms with E-state index in [1.165, 1.54) is 0 Å². The standard InChI is InChI=1S/C15H19N3O3/c16-13(9-10-1-3-12(19)4-2-10)15-17-14(18-21-15)11-5-7-20-8-6-11/h1-4,11,13,19H,5-9,16H2/t13-/m1/s1. The second-order valence-corrected chi connectivity index (χ2v) is 5.35. The van der Waals surface area contributed by atoms with E-state index in [-0.39, 0.29) is 11.8 Å². The minimum absolute atomic E-state index is 0.243. The summed E-state index contributed by atoms with van der Waals surface area (Å²) in [6, 6.07) is 6.62. The summed E-state index contributed by atoms with van der Waals surface area (Å²) >= 11 is 0. The third-order valence-electron chi connectivity index (χ3n) is 3.75. The highest BCUT2D eigenvalue weighted by Gasteiger charge is 2.23. The van der Waals surface area contributed by atoms with Gasteiger partial charge >= 0.3 is 0 Å². The van der Waals surface area contributed by atoms with E-state index in [9.17, 15) is 5.11 Å². The van der Waals surface area contributed by atoms with Crippen LogP contribution < -0.4 is 5.73 Å². The fraction of sp³-hybridized carbons (Fsp3) is 0.467. The van der Waals surface area contributed by atoms with Gasteiger partial charge in [0.05, 0.1) is 6.04 Å². The number of phenolic OH excluding ortho intramolecular Hbond substituents is 1. The summed E-state index contributed by atoms with van der Waals surface area (Å²) in [5, 5.41) is 13.3. The Morgan fingerprint density at radius 3 is 2.67 bits per heavy atom. The molecule has 6 nitrogen and oxygen atoms in total. The number of rotatable bonds is 4. The number of aromatic nitrogens is 2. The number of benzene rings is 1. The van der Waals surface area contributed by atoms with Gasteiger partial charge < -0.3 is 20.1 Å². The van der Waals surface area contributed by atoms with Gasteiger partial charge in [-0.05, 0) is 37.0 Å². The minimum atomic E-state index is -0.337. The summed E-state index contributed by atoms with van der Waals surface area (Å²) in [7, 11) is 0. The average molecular weight is 289 g/mol. The predicted octanol–water partition coefficient (Wildman–Crippen LogP) is 1.91. The van der Waals surface area contributed by atoms with Crippen LogP contribution in [0.2, 0.25) is 0 Å². The molecule has 0 radical (unpaired) electrons. The van der Waals surface area contributed by atoms with Crippen LogP contribution in [0, 0.1) is 0 Å². The second-order valence-electron chi connectivity index (χ2n) is 5.35. The summed E-state index contributed by atoms with van der Waals surface area (Å²) in [6.07, 6.45) is 2.44. The van der Waals surface area contributed by atoms with E-state index in [2.05, 4.69) is 10.1 Å². The van der Waals surface area contributed by atoms with Crippen molar-refractivity contribution in [2.75, 3.05) is 13.2 Å². The van der Waals surface area contributed by atoms with Gasteiger partial charge in [0.25, 0.3) is 0 Å². The van der Waals surface area contributed by atoms with Crippen molar-refractivity contribution in [3.8, 4) is 5.75 Å². The van der Waals surface area contributed by atoms with Gasteiger partial charge in [-0.2, -0.15) is 4.98 Å². The normalized spacial score (nSPS) is 17.8. The Morgan fingerprint density at radius 2 is 1.95 bits per heavy atom. The van der Waals surface area contributed by atoms with Gasteiger partial charge in [0.1, 0.15) is 5.75 Å². The zero-order valence-corrected chi connectivity index (χ0v) is 11.7. The van der Waals surface area contributed by atoms with E-state index in [0.717, 1.165) is 37.4 Å². The van der Waals surface area contributed by atoms with Crippen LogP contribution >= 0.6 is 0 Å². The molecule has 3 N–H and O–H groups in total. The lowest BCUT2D eigenvalue weighted by atomic mass is 10.00. The van der Waals surface area contributed by atoms with Crippen molar-refractivity contribution < 1.29 is 14.4 Å². The van der Waals surface area contributed by atoms with Crippen LogP contribution in [0.15, 0.2) is 28.8 Å². The molecule has 1 atom stereocenters. The maximum Gasteiger partial charge on any atom is 0.243 e. The van der Waals surface area contributed by atoms with Crippen LogP contribution in [0.5, 0.6) is 5.75 Å². The highest BCUT2D eigenvalue weighted by Crippen LogP contribution is 2.25. The molecule has 112 valence electrons. The fourth-order valence-electron chi connectivity index (χ4n) is 2.49. The van der Waals surface area contributed by atoms with Gasteiger partial charge in [0.15, 0.2) is 5.82 Å². The third-order valence-corrected chi connectivity index (χ3v) is 3.75. The molecule has 2 aromatic rings. The molecule has 0 bridgehead atoms. The Morgan fingerprint density at radius 1 is 1.24 bits per heavy atom. The molecule has 1 saturated heterocycles. The lowest BCUT2D eigenvalue weighted by Gasteiger charge is -2.18. The Hall–Kier alpha value is -1.92. The number of ether oxygens (including phenoxy) is 1. The Bertz CT molecular complexity index is 576. The van der Waals surface area contributed by atoms with Gasteiger partial charge in [-0.15, -0.1) is 0 Å². The Labute approximate surface area is 122 Å². The first-order chi connectivity index (χ1) is 10.2. The van der Waals surface area contributed by atoms with Crippen LogP contribution in [0.25, 0.3) is 0 Å². The number of phenols is 1. The molecule has 0 saturated carbocycles. The smallest absolute Gasteiger partial charge is 0.243 e. The number of hydrogen-bond acceptors (Lipinski definition) is 6. The molecule has 0 amide bonds. The SMILES string of the molecule is N[C@H](Cc1ccc(O)cc1)c1nc(C2CCOCC2)no1. The maximum atomic E-state index is 9.27. The Kier molecular flexibility index (Phi) is 4.17. The van der Waals surface area contributed by atoms with Crippen LogP contribution in [0.4, 0.5) is 0 Å². The van der Waals surface area contributed by atoms with Crippen LogP contribution in [-0.2, 0) is 11.2 Å². The summed E-state index contributed by atoms with van der Waals surface area (Å²) < 4.78 is 10.6. The molecule has 1 aromatic heterocycles. The van der Waals surface area contributed by atoms with E-state index in [0.29, 0.717) is 18.2 Å². The van der Waals surface area contributed by atoms with Crippen molar-refractivity contribution in [2.45, 2.75) is 31.2 Å². The first-order valence-electron chi connectivity index (χ1n) is 7.17. The molecule has 0 spiro atoms. The molecular formula is C15H19N3O3. The van der Waals surface area contributed by atoms with Crippen LogP contribution in [0.3, 0.4) is 0 Å². The number of nitrogens with zero attached hydrogens (tertiary/aromatic N) is 2. The summed E-state index contributed by atoms with van der Waals surface area (Å²) in [5.41, 5.74) is 7.14. The summed E-state index contributed by atoms with van der Waals surface area (Å²) in [5.74, 6) is 1.74. The topological polar surface area (TPSA) is 94.4 Å². The zero-order valence-electron chi connectivity index (χ0n) is 11.7. The van der Waals surface area contributed by atoms with E-state index in [1.54, 1.807) is 12.1 Å². The third kappa shape index (κ3) is 3.40. The van der Waals surface area contributed by atoms with Gasteiger partial charge in [0.2, 0.25) is 5.89 Å². The largest absolute Gasteiger partial charge is 0.508 e. The van der Waals surface area contributed by atoms with Crippen molar-refractivity contribution in [3.05, 3.63) is 41.5 Å². The quantitative estimate of drug-likeness (QED) is 0.893. The molecular weight excluding hydrogens is 270 g/mol. The van der Waals surface area contributed by atoms with Crippen LogP contribution in [0.1, 0.15) is 42.1 Å². The maximum absolute atomic E-state index is 9.27. The fourth-order valence-corrected chi connectivity index (χ4v) is 2.49. The molecule has 0 aliphatic carbocycles. The molecule has 6 heteroatoms. The number of nitrogens with two attached hydrogens (primary N) is 1. The summed E-state index contributed by atoms with van der Waals surface area (Å²) in [4.78, 5) is 4.44. The molecule has 3 rings (SSSR count). The molecule has 2 heterocycles. The van der Waals surface area contributed by atoms with Crippen molar-refractivity contribution in [2.24, 2.45) is 5.73 Å². The first-order valence-corrected chi connectivity index (χ1v) is 7.17. The highest BCUT2D eigenvalue weighted by atomic mass is 16.5. The minimum Gasteiger partial charge on any atom is -0.508 e. The second kappa shape index (κ2) is 6.24. The van der Waals surface area contributed by atoms with Gasteiger partial charge in [-0.25, -0.2) is 0 Å². The molecule has 1 fully saturated rings. The molecule has 1 aliphatic heterocycles. The van der Waals surface area contributed by atoms with E-state index >= 15 is 0 Å². The summed E-state index contributed by atoms with van der Waals surface area (Å²) in [6.45, 7) is 1.49. The Balaban J connectivity index is 1.65. The van der Waals surface area contributed by atoms with E-state index in [4.69, 9.17) is 15.0 Å². The van der Waals surface area contributed by atoms with E-state index in [1.807, 2.05) is 12.1 Å². The van der Waals surface area contributed by atoms with Crippen molar-refractivity contribution in [1.82, 2.24) is 10.1 Å². The average Bonchev–Trinajstić information content (AvgIpc) is 3.00. The molecule has 1 aliphatic rings. The number of hydrogen-bond donors (Lipinski definition) is 2. The van der Waals surface area contributed by atoms with Crippen molar-refractivity contribution >= 4 is 0 Å².